The molecule has 7 nitrogen and oxygen atoms in total. The highest BCUT2D eigenvalue weighted by Crippen LogP contribution is 2.39. The van der Waals surface area contributed by atoms with Gasteiger partial charge in [-0.1, -0.05) is 29.3 Å². The Labute approximate surface area is 167 Å². The summed E-state index contributed by atoms with van der Waals surface area (Å²) in [7, 11) is -1.99. The number of carbonyl (C=O) groups is 2. The molecule has 27 heavy (non-hydrogen) atoms. The molecule has 2 heterocycles. The van der Waals surface area contributed by atoms with Crippen molar-refractivity contribution in [2.24, 2.45) is 0 Å². The van der Waals surface area contributed by atoms with Crippen LogP contribution in [0, 0.1) is 0 Å². The molecule has 0 aliphatic carbocycles. The molecule has 10 heteroatoms. The molecule has 2 amide bonds. The van der Waals surface area contributed by atoms with Crippen molar-refractivity contribution in [1.82, 2.24) is 10.2 Å². The Hall–Kier alpha value is -1.77. The Kier molecular flexibility index (Phi) is 5.42. The van der Waals surface area contributed by atoms with Gasteiger partial charge in [0.1, 0.15) is 0 Å². The van der Waals surface area contributed by atoms with Crippen LogP contribution in [0.3, 0.4) is 0 Å². The second-order valence-electron chi connectivity index (χ2n) is 6.44. The van der Waals surface area contributed by atoms with Crippen molar-refractivity contribution >= 4 is 45.0 Å². The number of sulfone groups is 1. The largest absolute Gasteiger partial charge is 0.466 e. The fourth-order valence-corrected chi connectivity index (χ4v) is 5.87. The van der Waals surface area contributed by atoms with Crippen molar-refractivity contribution in [3.63, 3.8) is 0 Å². The second kappa shape index (κ2) is 7.33. The van der Waals surface area contributed by atoms with Gasteiger partial charge in [-0.05, 0) is 25.5 Å². The zero-order valence-electron chi connectivity index (χ0n) is 14.7. The van der Waals surface area contributed by atoms with Crippen LogP contribution in [-0.2, 0) is 19.4 Å². The number of amides is 2. The number of rotatable bonds is 3. The van der Waals surface area contributed by atoms with Crippen LogP contribution >= 0.6 is 23.2 Å². The third kappa shape index (κ3) is 3.66. The first-order valence-corrected chi connectivity index (χ1v) is 10.8. The average Bonchev–Trinajstić information content (AvgIpc) is 2.93. The van der Waals surface area contributed by atoms with Crippen molar-refractivity contribution in [1.29, 1.82) is 0 Å². The van der Waals surface area contributed by atoms with Crippen LogP contribution in [-0.4, -0.2) is 50.0 Å². The average molecular weight is 433 g/mol. The van der Waals surface area contributed by atoms with Crippen LogP contribution in [0.2, 0.25) is 10.0 Å². The fraction of sp³-hybridized carbons (Fsp3) is 0.412. The van der Waals surface area contributed by atoms with Gasteiger partial charge in [0.2, 0.25) is 0 Å². The van der Waals surface area contributed by atoms with Gasteiger partial charge in [0, 0.05) is 21.3 Å². The molecule has 1 aromatic carbocycles. The zero-order valence-corrected chi connectivity index (χ0v) is 17.0. The summed E-state index contributed by atoms with van der Waals surface area (Å²) in [4.78, 5) is 26.6. The molecule has 2 aliphatic rings. The van der Waals surface area contributed by atoms with Crippen molar-refractivity contribution in [2.45, 2.75) is 25.4 Å². The second-order valence-corrected chi connectivity index (χ2v) is 9.48. The highest BCUT2D eigenvalue weighted by Gasteiger charge is 2.43. The lowest BCUT2D eigenvalue weighted by Gasteiger charge is -2.38. The minimum absolute atomic E-state index is 0.00204. The summed E-state index contributed by atoms with van der Waals surface area (Å²) in [5.74, 6) is -0.800. The van der Waals surface area contributed by atoms with Crippen LogP contribution in [0.25, 0.3) is 0 Å². The molecule has 0 radical (unpaired) electrons. The summed E-state index contributed by atoms with van der Waals surface area (Å²) in [5.41, 5.74) is 0.873. The summed E-state index contributed by atoms with van der Waals surface area (Å²) in [6.45, 7) is 1.59. The normalized spacial score (nSPS) is 24.7. The predicted octanol–water partition coefficient (Wildman–Crippen LogP) is 2.69. The number of esters is 1. The van der Waals surface area contributed by atoms with Gasteiger partial charge in [-0.2, -0.15) is 0 Å². The van der Waals surface area contributed by atoms with Gasteiger partial charge in [-0.15, -0.1) is 0 Å². The number of allylic oxidation sites excluding steroid dienone is 1. The van der Waals surface area contributed by atoms with Gasteiger partial charge in [-0.25, -0.2) is 18.0 Å². The first-order chi connectivity index (χ1) is 12.7. The SMILES string of the molecule is COC(=O)C1=C(C)N([C@H]2CCS(=O)(=O)C2)C(=O)N[C@@H]1c1c(Cl)cccc1Cl. The third-order valence-corrected chi connectivity index (χ3v) is 7.20. The van der Waals surface area contributed by atoms with Crippen LogP contribution in [0.15, 0.2) is 29.5 Å². The lowest BCUT2D eigenvalue weighted by Crippen LogP contribution is -2.52. The highest BCUT2D eigenvalue weighted by molar-refractivity contribution is 7.91. The van der Waals surface area contributed by atoms with Crippen LogP contribution in [0.1, 0.15) is 24.9 Å². The maximum atomic E-state index is 12.8. The molecule has 0 spiro atoms. The molecule has 0 saturated carbocycles. The number of methoxy groups -OCH3 is 1. The molecule has 0 unspecified atom stereocenters. The lowest BCUT2D eigenvalue weighted by molar-refractivity contribution is -0.136. The molecule has 2 aliphatic heterocycles. The van der Waals surface area contributed by atoms with E-state index in [4.69, 9.17) is 27.9 Å². The smallest absolute Gasteiger partial charge is 0.337 e. The first-order valence-electron chi connectivity index (χ1n) is 8.19. The predicted molar refractivity (Wildman–Crippen MR) is 101 cm³/mol. The third-order valence-electron chi connectivity index (χ3n) is 4.79. The first kappa shape index (κ1) is 20.0. The molecule has 1 aromatic rings. The molecular formula is C17H18Cl2N2O5S. The Morgan fingerprint density at radius 2 is 1.93 bits per heavy atom. The Morgan fingerprint density at radius 1 is 1.30 bits per heavy atom. The van der Waals surface area contributed by atoms with Gasteiger partial charge in [0.15, 0.2) is 9.84 Å². The zero-order chi connectivity index (χ0) is 19.9. The number of halogens is 2. The number of carbonyl (C=O) groups excluding carboxylic acids is 2. The summed E-state index contributed by atoms with van der Waals surface area (Å²) in [6.07, 6.45) is 0.305. The number of ether oxygens (including phenoxy) is 1. The molecule has 146 valence electrons. The Morgan fingerprint density at radius 3 is 2.44 bits per heavy atom. The standard InChI is InChI=1S/C17H18Cl2N2O5S/c1-9-13(16(22)26-2)15(14-11(18)4-3-5-12(14)19)20-17(23)21(9)10-6-7-27(24,25)8-10/h3-5,10,15H,6-8H2,1-2H3,(H,20,23)/t10-,15-/m0/s1. The van der Waals surface area contributed by atoms with E-state index in [1.807, 2.05) is 0 Å². The van der Waals surface area contributed by atoms with E-state index < -0.39 is 33.9 Å². The number of benzene rings is 1. The highest BCUT2D eigenvalue weighted by atomic mass is 35.5. The summed E-state index contributed by atoms with van der Waals surface area (Å²) < 4.78 is 28.6. The van der Waals surface area contributed by atoms with Crippen LogP contribution in [0.4, 0.5) is 4.79 Å². The minimum atomic E-state index is -3.22. The number of nitrogens with one attached hydrogen (secondary N) is 1. The molecule has 1 saturated heterocycles. The van der Waals surface area contributed by atoms with E-state index >= 15 is 0 Å². The molecule has 0 bridgehead atoms. The van der Waals surface area contributed by atoms with Crippen molar-refractivity contribution in [3.05, 3.63) is 45.1 Å². The van der Waals surface area contributed by atoms with Gasteiger partial charge < -0.3 is 10.1 Å². The van der Waals surface area contributed by atoms with Crippen LogP contribution in [0.5, 0.6) is 0 Å². The van der Waals surface area contributed by atoms with E-state index in [1.165, 1.54) is 12.0 Å². The van der Waals surface area contributed by atoms with Gasteiger partial charge >= 0.3 is 12.0 Å². The van der Waals surface area contributed by atoms with Gasteiger partial charge in [-0.3, -0.25) is 4.90 Å². The number of urea groups is 1. The molecular weight excluding hydrogens is 415 g/mol. The topological polar surface area (TPSA) is 92.8 Å². The number of nitrogens with zero attached hydrogens (tertiary/aromatic N) is 1. The van der Waals surface area contributed by atoms with Gasteiger partial charge in [0.05, 0.1) is 36.3 Å². The van der Waals surface area contributed by atoms with Gasteiger partial charge in [0.25, 0.3) is 0 Å². The Balaban J connectivity index is 2.13. The summed E-state index contributed by atoms with van der Waals surface area (Å²) >= 11 is 12.5. The molecule has 0 aromatic heterocycles. The monoisotopic (exact) mass is 432 g/mol. The van der Waals surface area contributed by atoms with E-state index in [9.17, 15) is 18.0 Å². The molecule has 3 rings (SSSR count). The van der Waals surface area contributed by atoms with E-state index in [2.05, 4.69) is 5.32 Å². The van der Waals surface area contributed by atoms with E-state index in [0.29, 0.717) is 27.7 Å². The molecule has 1 N–H and O–H groups in total. The fourth-order valence-electron chi connectivity index (χ4n) is 3.55. The summed E-state index contributed by atoms with van der Waals surface area (Å²) in [6, 6.07) is 2.91. The van der Waals surface area contributed by atoms with Crippen molar-refractivity contribution in [3.8, 4) is 0 Å². The summed E-state index contributed by atoms with van der Waals surface area (Å²) in [5, 5.41) is 3.31. The number of hydrogen-bond donors (Lipinski definition) is 1. The lowest BCUT2D eigenvalue weighted by atomic mass is 9.94. The molecule has 2 atom stereocenters. The quantitative estimate of drug-likeness (QED) is 0.740. The van der Waals surface area contributed by atoms with E-state index in [-0.39, 0.29) is 17.1 Å². The number of hydrogen-bond acceptors (Lipinski definition) is 5. The van der Waals surface area contributed by atoms with E-state index in [1.54, 1.807) is 25.1 Å². The minimum Gasteiger partial charge on any atom is -0.466 e. The maximum Gasteiger partial charge on any atom is 0.337 e. The maximum absolute atomic E-state index is 12.8. The molecule has 1 fully saturated rings. The van der Waals surface area contributed by atoms with E-state index in [0.717, 1.165) is 0 Å². The Bertz CT molecular complexity index is 924. The van der Waals surface area contributed by atoms with Crippen molar-refractivity contribution < 1.29 is 22.7 Å². The van der Waals surface area contributed by atoms with Crippen LogP contribution < -0.4 is 5.32 Å². The van der Waals surface area contributed by atoms with Crippen molar-refractivity contribution in [2.75, 3.05) is 18.6 Å².